The van der Waals surface area contributed by atoms with Crippen LogP contribution in [0.25, 0.3) is 0 Å². The quantitative estimate of drug-likeness (QED) is 0.798. The van der Waals surface area contributed by atoms with Crippen LogP contribution in [0.1, 0.15) is 34.6 Å². The first-order valence-electron chi connectivity index (χ1n) is 8.24. The van der Waals surface area contributed by atoms with E-state index in [1.807, 2.05) is 29.7 Å². The van der Waals surface area contributed by atoms with E-state index in [9.17, 15) is 0 Å². The highest BCUT2D eigenvalue weighted by Crippen LogP contribution is 2.41. The molecule has 4 nitrogen and oxygen atoms in total. The van der Waals surface area contributed by atoms with Crippen molar-refractivity contribution in [2.24, 2.45) is 0 Å². The van der Waals surface area contributed by atoms with E-state index in [0.29, 0.717) is 0 Å². The van der Waals surface area contributed by atoms with Gasteiger partial charge in [-0.3, -0.25) is 4.98 Å². The lowest BCUT2D eigenvalue weighted by atomic mass is 10.0. The number of nitrogens with zero attached hydrogens (tertiary/aromatic N) is 3. The molecule has 3 rings (SSSR count). The zero-order chi connectivity index (χ0) is 17.1. The first-order chi connectivity index (χ1) is 11.6. The summed E-state index contributed by atoms with van der Waals surface area (Å²) < 4.78 is 0. The van der Waals surface area contributed by atoms with E-state index in [4.69, 9.17) is 12.2 Å². The summed E-state index contributed by atoms with van der Waals surface area (Å²) >= 11 is 7.48. The first kappa shape index (κ1) is 17.3. The summed E-state index contributed by atoms with van der Waals surface area (Å²) in [5.74, 6) is 0. The van der Waals surface area contributed by atoms with Crippen molar-refractivity contribution in [3.8, 4) is 0 Å². The van der Waals surface area contributed by atoms with Crippen LogP contribution in [0.3, 0.4) is 0 Å². The number of pyridine rings is 1. The lowest BCUT2D eigenvalue weighted by molar-refractivity contribution is 0.295. The van der Waals surface area contributed by atoms with Gasteiger partial charge in [-0.05, 0) is 75.3 Å². The highest BCUT2D eigenvalue weighted by molar-refractivity contribution is 7.80. The maximum Gasteiger partial charge on any atom is 0.170 e. The van der Waals surface area contributed by atoms with Gasteiger partial charge in [0.25, 0.3) is 0 Å². The molecule has 0 saturated carbocycles. The van der Waals surface area contributed by atoms with Gasteiger partial charge in [0.05, 0.1) is 17.8 Å². The van der Waals surface area contributed by atoms with Crippen LogP contribution in [0.5, 0.6) is 0 Å². The molecule has 2 unspecified atom stereocenters. The second-order valence-electron chi connectivity index (χ2n) is 6.44. The molecule has 0 radical (unpaired) electrons. The number of nitrogens with one attached hydrogen (secondary N) is 1. The number of aromatic nitrogens is 1. The molecule has 3 heterocycles. The van der Waals surface area contributed by atoms with Gasteiger partial charge in [-0.2, -0.15) is 0 Å². The van der Waals surface area contributed by atoms with Gasteiger partial charge in [0.15, 0.2) is 5.11 Å². The number of thiocarbonyl (C=S) groups is 1. The van der Waals surface area contributed by atoms with Crippen LogP contribution in [0.4, 0.5) is 0 Å². The minimum Gasteiger partial charge on any atom is -0.352 e. The van der Waals surface area contributed by atoms with Gasteiger partial charge in [0.2, 0.25) is 0 Å². The molecule has 0 spiro atoms. The zero-order valence-corrected chi connectivity index (χ0v) is 16.0. The average Bonchev–Trinajstić information content (AvgIpc) is 3.11. The summed E-state index contributed by atoms with van der Waals surface area (Å²) in [6.45, 7) is 4.19. The second-order valence-corrected chi connectivity index (χ2v) is 7.78. The smallest absolute Gasteiger partial charge is 0.170 e. The molecular weight excluding hydrogens is 336 g/mol. The molecule has 1 aliphatic heterocycles. The molecule has 0 bridgehead atoms. The van der Waals surface area contributed by atoms with Crippen LogP contribution in [0.15, 0.2) is 35.8 Å². The topological polar surface area (TPSA) is 31.4 Å². The van der Waals surface area contributed by atoms with Crippen molar-refractivity contribution in [3.05, 3.63) is 52.0 Å². The molecule has 2 atom stereocenters. The highest BCUT2D eigenvalue weighted by atomic mass is 32.1. The molecule has 24 heavy (non-hydrogen) atoms. The minimum atomic E-state index is 0.107. The van der Waals surface area contributed by atoms with Crippen LogP contribution in [-0.2, 0) is 0 Å². The van der Waals surface area contributed by atoms with E-state index >= 15 is 0 Å². The van der Waals surface area contributed by atoms with Gasteiger partial charge in [-0.1, -0.05) is 6.07 Å². The normalized spacial score (nSPS) is 20.7. The summed E-state index contributed by atoms with van der Waals surface area (Å²) in [5.41, 5.74) is 2.38. The zero-order valence-electron chi connectivity index (χ0n) is 14.4. The standard InChI is InChI=1S/C18H24N4S2/c1-13-8-12-24-17(13)16-15(14-7-4-5-9-19-14)20-18(23)22(16)11-6-10-21(2)3/h4-5,7-9,12,15-16H,6,10-11H2,1-3H3,(H,20,23). The van der Waals surface area contributed by atoms with Crippen LogP contribution in [0, 0.1) is 6.92 Å². The maximum absolute atomic E-state index is 5.67. The van der Waals surface area contributed by atoms with Crippen molar-refractivity contribution in [2.45, 2.75) is 25.4 Å². The molecule has 1 saturated heterocycles. The van der Waals surface area contributed by atoms with E-state index in [0.717, 1.165) is 30.3 Å². The molecule has 128 valence electrons. The summed E-state index contributed by atoms with van der Waals surface area (Å²) in [7, 11) is 4.22. The number of rotatable bonds is 6. The Morgan fingerprint density at radius 2 is 2.17 bits per heavy atom. The van der Waals surface area contributed by atoms with Gasteiger partial charge in [0.1, 0.15) is 0 Å². The fraction of sp³-hybridized carbons (Fsp3) is 0.444. The maximum atomic E-state index is 5.67. The van der Waals surface area contributed by atoms with Gasteiger partial charge in [-0.25, -0.2) is 0 Å². The molecule has 6 heteroatoms. The first-order valence-corrected chi connectivity index (χ1v) is 9.53. The minimum absolute atomic E-state index is 0.107. The second kappa shape index (κ2) is 7.59. The van der Waals surface area contributed by atoms with Gasteiger partial charge in [-0.15, -0.1) is 11.3 Å². The van der Waals surface area contributed by atoms with Crippen molar-refractivity contribution >= 4 is 28.7 Å². The monoisotopic (exact) mass is 360 g/mol. The predicted octanol–water partition coefficient (Wildman–Crippen LogP) is 3.38. The van der Waals surface area contributed by atoms with Crippen LogP contribution in [0.2, 0.25) is 0 Å². The van der Waals surface area contributed by atoms with Crippen molar-refractivity contribution in [2.75, 3.05) is 27.2 Å². The van der Waals surface area contributed by atoms with Crippen molar-refractivity contribution in [1.29, 1.82) is 0 Å². The Labute approximate surface area is 153 Å². The van der Waals surface area contributed by atoms with Gasteiger partial charge in [0, 0.05) is 17.6 Å². The Morgan fingerprint density at radius 3 is 2.79 bits per heavy atom. The highest BCUT2D eigenvalue weighted by Gasteiger charge is 2.40. The summed E-state index contributed by atoms with van der Waals surface area (Å²) in [5, 5.41) is 6.51. The number of hydrogen-bond acceptors (Lipinski definition) is 4. The van der Waals surface area contributed by atoms with Crippen LogP contribution < -0.4 is 5.32 Å². The van der Waals surface area contributed by atoms with Gasteiger partial charge < -0.3 is 15.1 Å². The Bertz CT molecular complexity index is 683. The van der Waals surface area contributed by atoms with Gasteiger partial charge >= 0.3 is 0 Å². The number of hydrogen-bond donors (Lipinski definition) is 1. The van der Waals surface area contributed by atoms with E-state index in [1.54, 1.807) is 0 Å². The number of thiophene rings is 1. The SMILES string of the molecule is Cc1ccsc1C1C(c2ccccn2)NC(=S)N1CCCN(C)C. The average molecular weight is 361 g/mol. The Morgan fingerprint density at radius 1 is 1.33 bits per heavy atom. The summed E-state index contributed by atoms with van der Waals surface area (Å²) in [6, 6.07) is 8.59. The van der Waals surface area contributed by atoms with E-state index < -0.39 is 0 Å². The number of aryl methyl sites for hydroxylation is 1. The molecule has 1 fully saturated rings. The third-order valence-electron chi connectivity index (χ3n) is 4.37. The van der Waals surface area contributed by atoms with E-state index in [-0.39, 0.29) is 12.1 Å². The summed E-state index contributed by atoms with van der Waals surface area (Å²) in [6.07, 6.45) is 2.94. The summed E-state index contributed by atoms with van der Waals surface area (Å²) in [4.78, 5) is 10.5. The molecule has 2 aromatic heterocycles. The predicted molar refractivity (Wildman–Crippen MR) is 104 cm³/mol. The third-order valence-corrected chi connectivity index (χ3v) is 5.81. The van der Waals surface area contributed by atoms with Crippen LogP contribution in [-0.4, -0.2) is 47.1 Å². The van der Waals surface area contributed by atoms with Crippen molar-refractivity contribution in [1.82, 2.24) is 20.1 Å². The van der Waals surface area contributed by atoms with Crippen molar-refractivity contribution < 1.29 is 0 Å². The largest absolute Gasteiger partial charge is 0.352 e. The van der Waals surface area contributed by atoms with Crippen LogP contribution >= 0.6 is 23.6 Å². The molecule has 0 aromatic carbocycles. The van der Waals surface area contributed by atoms with E-state index in [2.05, 4.69) is 58.6 Å². The third kappa shape index (κ3) is 3.61. The molecule has 1 N–H and O–H groups in total. The Hall–Kier alpha value is -1.50. The lowest BCUT2D eigenvalue weighted by Crippen LogP contribution is -2.32. The fourth-order valence-electron chi connectivity index (χ4n) is 3.18. The molecule has 2 aromatic rings. The fourth-order valence-corrected chi connectivity index (χ4v) is 4.58. The van der Waals surface area contributed by atoms with Crippen molar-refractivity contribution in [3.63, 3.8) is 0 Å². The lowest BCUT2D eigenvalue weighted by Gasteiger charge is -2.28. The Balaban J connectivity index is 1.90. The Kier molecular flexibility index (Phi) is 5.48. The molecule has 1 aliphatic rings. The molecular formula is C18H24N4S2. The molecule has 0 amide bonds. The molecule has 0 aliphatic carbocycles. The van der Waals surface area contributed by atoms with E-state index in [1.165, 1.54) is 10.4 Å².